The van der Waals surface area contributed by atoms with Crippen LogP contribution in [0.25, 0.3) is 6.08 Å². The van der Waals surface area contributed by atoms with Crippen molar-refractivity contribution in [2.45, 2.75) is 0 Å². The molecule has 0 unspecified atom stereocenters. The van der Waals surface area contributed by atoms with E-state index >= 15 is 0 Å². The van der Waals surface area contributed by atoms with E-state index in [0.29, 0.717) is 17.1 Å². The molecule has 0 aliphatic rings. The zero-order valence-electron chi connectivity index (χ0n) is 6.43. The van der Waals surface area contributed by atoms with Crippen molar-refractivity contribution < 1.29 is 4.39 Å². The van der Waals surface area contributed by atoms with Gasteiger partial charge in [0.05, 0.1) is 0 Å². The van der Waals surface area contributed by atoms with Gasteiger partial charge < -0.3 is 5.73 Å². The molecular formula is C9H9ClFN. The number of allylic oxidation sites excluding steroid dienone is 1. The normalized spacial score (nSPS) is 10.8. The summed E-state index contributed by atoms with van der Waals surface area (Å²) in [5, 5.41) is 0. The molecule has 0 fully saturated rings. The van der Waals surface area contributed by atoms with Crippen molar-refractivity contribution in [1.82, 2.24) is 0 Å². The molecule has 2 N–H and O–H groups in total. The Balaban J connectivity index is 2.97. The van der Waals surface area contributed by atoms with Crippen LogP contribution < -0.4 is 5.73 Å². The second kappa shape index (κ2) is 4.12. The van der Waals surface area contributed by atoms with Crippen molar-refractivity contribution in [2.24, 2.45) is 0 Å². The minimum atomic E-state index is -0.287. The molecule has 0 spiro atoms. The third kappa shape index (κ3) is 2.24. The number of hydrogen-bond donors (Lipinski definition) is 1. The maximum atomic E-state index is 12.9. The predicted molar refractivity (Wildman–Crippen MR) is 50.6 cm³/mol. The second-order valence-electron chi connectivity index (χ2n) is 2.34. The fourth-order valence-corrected chi connectivity index (χ4v) is 0.951. The van der Waals surface area contributed by atoms with Crippen molar-refractivity contribution in [1.29, 1.82) is 0 Å². The molecule has 0 amide bonds. The summed E-state index contributed by atoms with van der Waals surface area (Å²) in [5.41, 5.74) is 6.48. The summed E-state index contributed by atoms with van der Waals surface area (Å²) < 4.78 is 12.9. The highest BCUT2D eigenvalue weighted by molar-refractivity contribution is 6.19. The van der Waals surface area contributed by atoms with E-state index in [1.54, 1.807) is 18.2 Å². The van der Waals surface area contributed by atoms with Crippen LogP contribution in [0.1, 0.15) is 5.56 Å². The molecule has 1 rings (SSSR count). The molecule has 1 aromatic rings. The predicted octanol–water partition coefficient (Wildman–Crippen LogP) is 2.66. The van der Waals surface area contributed by atoms with Crippen molar-refractivity contribution in [3.63, 3.8) is 0 Å². The lowest BCUT2D eigenvalue weighted by Gasteiger charge is -1.97. The highest BCUT2D eigenvalue weighted by atomic mass is 35.5. The van der Waals surface area contributed by atoms with E-state index in [1.807, 2.05) is 0 Å². The Labute approximate surface area is 75.6 Å². The highest BCUT2D eigenvalue weighted by Gasteiger charge is 1.96. The first-order valence-electron chi connectivity index (χ1n) is 3.51. The van der Waals surface area contributed by atoms with E-state index < -0.39 is 0 Å². The molecule has 0 atom stereocenters. The maximum Gasteiger partial charge on any atom is 0.130 e. The minimum Gasteiger partial charge on any atom is -0.399 e. The molecule has 0 saturated heterocycles. The molecule has 0 saturated carbocycles. The molecule has 0 aromatic heterocycles. The van der Waals surface area contributed by atoms with E-state index in [4.69, 9.17) is 17.3 Å². The monoisotopic (exact) mass is 185 g/mol. The molecule has 0 heterocycles. The topological polar surface area (TPSA) is 26.0 Å². The second-order valence-corrected chi connectivity index (χ2v) is 2.65. The summed E-state index contributed by atoms with van der Waals surface area (Å²) in [4.78, 5) is 0. The SMILES string of the molecule is Nc1ccc(F)c(C=CCCl)c1. The van der Waals surface area contributed by atoms with E-state index in [1.165, 1.54) is 12.1 Å². The molecule has 64 valence electrons. The van der Waals surface area contributed by atoms with Crippen LogP contribution in [0.5, 0.6) is 0 Å². The number of alkyl halides is 1. The lowest BCUT2D eigenvalue weighted by molar-refractivity contribution is 0.625. The zero-order valence-corrected chi connectivity index (χ0v) is 7.18. The number of nitrogen functional groups attached to an aromatic ring is 1. The summed E-state index contributed by atoms with van der Waals surface area (Å²) in [6, 6.07) is 4.43. The van der Waals surface area contributed by atoms with Crippen LogP contribution in [0.4, 0.5) is 10.1 Å². The van der Waals surface area contributed by atoms with Gasteiger partial charge in [0.1, 0.15) is 5.82 Å². The van der Waals surface area contributed by atoms with Crippen molar-refractivity contribution in [3.8, 4) is 0 Å². The van der Waals surface area contributed by atoms with Gasteiger partial charge in [-0.1, -0.05) is 12.2 Å². The van der Waals surface area contributed by atoms with Crippen LogP contribution in [0.3, 0.4) is 0 Å². The molecular weight excluding hydrogens is 177 g/mol. The van der Waals surface area contributed by atoms with Gasteiger partial charge in [-0.15, -0.1) is 11.6 Å². The first-order chi connectivity index (χ1) is 5.74. The Hall–Kier alpha value is -1.02. The van der Waals surface area contributed by atoms with Gasteiger partial charge in [-0.05, 0) is 18.2 Å². The number of halogens is 2. The van der Waals surface area contributed by atoms with Gasteiger partial charge in [0, 0.05) is 17.1 Å². The summed E-state index contributed by atoms with van der Waals surface area (Å²) in [6.07, 6.45) is 3.28. The third-order valence-electron chi connectivity index (χ3n) is 1.41. The van der Waals surface area contributed by atoms with E-state index in [9.17, 15) is 4.39 Å². The standard InChI is InChI=1S/C9H9ClFN/c10-5-1-2-7-6-8(12)3-4-9(7)11/h1-4,6H,5,12H2. The van der Waals surface area contributed by atoms with Gasteiger partial charge in [0.15, 0.2) is 0 Å². The molecule has 0 aliphatic carbocycles. The van der Waals surface area contributed by atoms with Gasteiger partial charge in [0.2, 0.25) is 0 Å². The van der Waals surface area contributed by atoms with E-state index in [0.717, 1.165) is 0 Å². The van der Waals surface area contributed by atoms with Gasteiger partial charge in [-0.25, -0.2) is 4.39 Å². The average molecular weight is 186 g/mol. The minimum absolute atomic E-state index is 0.287. The largest absolute Gasteiger partial charge is 0.399 e. The number of anilines is 1. The molecule has 0 radical (unpaired) electrons. The Morgan fingerprint density at radius 2 is 2.25 bits per heavy atom. The van der Waals surface area contributed by atoms with Crippen LogP contribution in [0.15, 0.2) is 24.3 Å². The maximum absolute atomic E-state index is 12.9. The smallest absolute Gasteiger partial charge is 0.130 e. The first-order valence-corrected chi connectivity index (χ1v) is 4.05. The van der Waals surface area contributed by atoms with Crippen LogP contribution >= 0.6 is 11.6 Å². The van der Waals surface area contributed by atoms with Crippen LogP contribution in [-0.2, 0) is 0 Å². The molecule has 1 aromatic carbocycles. The summed E-state index contributed by atoms with van der Waals surface area (Å²) >= 11 is 5.40. The Kier molecular flexibility index (Phi) is 3.11. The zero-order chi connectivity index (χ0) is 8.97. The van der Waals surface area contributed by atoms with Crippen LogP contribution in [-0.4, -0.2) is 5.88 Å². The third-order valence-corrected chi connectivity index (χ3v) is 1.58. The Morgan fingerprint density at radius 3 is 2.92 bits per heavy atom. The number of benzene rings is 1. The number of nitrogens with two attached hydrogens (primary N) is 1. The van der Waals surface area contributed by atoms with E-state index in [-0.39, 0.29) is 5.82 Å². The lowest BCUT2D eigenvalue weighted by atomic mass is 10.2. The molecule has 0 bridgehead atoms. The van der Waals surface area contributed by atoms with Gasteiger partial charge in [0.25, 0.3) is 0 Å². The van der Waals surface area contributed by atoms with Crippen molar-refractivity contribution in [2.75, 3.05) is 11.6 Å². The van der Waals surface area contributed by atoms with Crippen molar-refractivity contribution in [3.05, 3.63) is 35.7 Å². The van der Waals surface area contributed by atoms with Gasteiger partial charge >= 0.3 is 0 Å². The summed E-state index contributed by atoms with van der Waals surface area (Å²) in [6.45, 7) is 0. The first kappa shape index (κ1) is 9.07. The highest BCUT2D eigenvalue weighted by Crippen LogP contribution is 2.13. The number of hydrogen-bond acceptors (Lipinski definition) is 1. The quantitative estimate of drug-likeness (QED) is 0.557. The molecule has 12 heavy (non-hydrogen) atoms. The van der Waals surface area contributed by atoms with E-state index in [2.05, 4.69) is 0 Å². The molecule has 3 heteroatoms. The number of rotatable bonds is 2. The summed E-state index contributed by atoms with van der Waals surface area (Å²) in [7, 11) is 0. The fraction of sp³-hybridized carbons (Fsp3) is 0.111. The van der Waals surface area contributed by atoms with Crippen LogP contribution in [0, 0.1) is 5.82 Å². The fourth-order valence-electron chi connectivity index (χ4n) is 0.861. The van der Waals surface area contributed by atoms with Gasteiger partial charge in [-0.2, -0.15) is 0 Å². The Morgan fingerprint density at radius 1 is 1.50 bits per heavy atom. The van der Waals surface area contributed by atoms with Gasteiger partial charge in [-0.3, -0.25) is 0 Å². The average Bonchev–Trinajstić information content (AvgIpc) is 2.07. The molecule has 0 aliphatic heterocycles. The van der Waals surface area contributed by atoms with Crippen LogP contribution in [0.2, 0.25) is 0 Å². The Bertz CT molecular complexity index is 297. The van der Waals surface area contributed by atoms with Crippen molar-refractivity contribution >= 4 is 23.4 Å². The lowest BCUT2D eigenvalue weighted by Crippen LogP contribution is -1.88. The summed E-state index contributed by atoms with van der Waals surface area (Å²) in [5.74, 6) is 0.0828. The molecule has 1 nitrogen and oxygen atoms in total.